The lowest BCUT2D eigenvalue weighted by molar-refractivity contribution is -0.145. The number of amides is 1. The van der Waals surface area contributed by atoms with E-state index in [-0.39, 0.29) is 42.8 Å². The Labute approximate surface area is 172 Å². The molecule has 2 aromatic rings. The van der Waals surface area contributed by atoms with Gasteiger partial charge in [-0.2, -0.15) is 0 Å². The van der Waals surface area contributed by atoms with Gasteiger partial charge in [-0.1, -0.05) is 48.9 Å². The number of carbonyl (C=O) groups is 2. The topological polar surface area (TPSA) is 81.4 Å². The third-order valence-corrected chi connectivity index (χ3v) is 5.44. The number of hydrogen-bond donors (Lipinski definition) is 2. The van der Waals surface area contributed by atoms with Gasteiger partial charge in [0, 0.05) is 18.5 Å². The molecule has 0 radical (unpaired) electrons. The standard InChI is InChI=1S/C22H28N2O3.ClH/c1-27-22(26)19(14-24-21(25)18-7-4-8-20(23)13-18)12-15-9-10-16-5-2-3-6-17(16)11-15;/h2-3,5-6,9-11,18-20H,4,7-8,12-14,23H2,1H3,(H,24,25);1H. The Morgan fingerprint density at radius 3 is 2.64 bits per heavy atom. The van der Waals surface area contributed by atoms with Crippen LogP contribution in [0.5, 0.6) is 0 Å². The molecule has 3 rings (SSSR count). The van der Waals surface area contributed by atoms with Gasteiger partial charge >= 0.3 is 5.97 Å². The fourth-order valence-electron chi connectivity index (χ4n) is 3.89. The van der Waals surface area contributed by atoms with Crippen molar-refractivity contribution in [3.8, 4) is 0 Å². The second-order valence-electron chi connectivity index (χ2n) is 7.47. The number of nitrogens with two attached hydrogens (primary N) is 1. The molecule has 5 nitrogen and oxygen atoms in total. The van der Waals surface area contributed by atoms with Gasteiger partial charge in [0.2, 0.25) is 5.91 Å². The lowest BCUT2D eigenvalue weighted by Gasteiger charge is -2.26. The van der Waals surface area contributed by atoms with Crippen LogP contribution in [0.4, 0.5) is 0 Å². The molecule has 0 saturated heterocycles. The lowest BCUT2D eigenvalue weighted by Crippen LogP contribution is -2.41. The van der Waals surface area contributed by atoms with E-state index in [1.54, 1.807) is 0 Å². The number of ether oxygens (including phenoxy) is 1. The molecular weight excluding hydrogens is 376 g/mol. The normalized spacial score (nSPS) is 20.1. The van der Waals surface area contributed by atoms with Crippen molar-refractivity contribution in [1.82, 2.24) is 5.32 Å². The maximum atomic E-state index is 12.5. The average molecular weight is 405 g/mol. The van der Waals surface area contributed by atoms with E-state index in [0.29, 0.717) is 6.42 Å². The highest BCUT2D eigenvalue weighted by atomic mass is 35.5. The molecule has 1 saturated carbocycles. The monoisotopic (exact) mass is 404 g/mol. The quantitative estimate of drug-likeness (QED) is 0.724. The number of esters is 1. The van der Waals surface area contributed by atoms with Crippen LogP contribution in [0.15, 0.2) is 42.5 Å². The fourth-order valence-corrected chi connectivity index (χ4v) is 3.89. The van der Waals surface area contributed by atoms with Crippen LogP contribution >= 0.6 is 12.4 Å². The Balaban J connectivity index is 0.00000280. The van der Waals surface area contributed by atoms with Crippen LogP contribution in [0.1, 0.15) is 31.2 Å². The number of hydrogen-bond acceptors (Lipinski definition) is 4. The van der Waals surface area contributed by atoms with Gasteiger partial charge in [0.05, 0.1) is 13.0 Å². The number of halogens is 1. The zero-order valence-electron chi connectivity index (χ0n) is 16.2. The van der Waals surface area contributed by atoms with Gasteiger partial charge in [-0.25, -0.2) is 0 Å². The zero-order chi connectivity index (χ0) is 19.2. The summed E-state index contributed by atoms with van der Waals surface area (Å²) in [7, 11) is 1.39. The predicted octanol–water partition coefficient (Wildman–Crippen LogP) is 3.23. The Hall–Kier alpha value is -2.11. The number of nitrogens with one attached hydrogen (secondary N) is 1. The molecule has 28 heavy (non-hydrogen) atoms. The lowest BCUT2D eigenvalue weighted by atomic mass is 9.85. The largest absolute Gasteiger partial charge is 0.469 e. The molecule has 0 aromatic heterocycles. The molecule has 6 heteroatoms. The molecule has 3 unspecified atom stereocenters. The Bertz CT molecular complexity index is 811. The van der Waals surface area contributed by atoms with Crippen molar-refractivity contribution in [3.05, 3.63) is 48.0 Å². The van der Waals surface area contributed by atoms with Gasteiger partial charge < -0.3 is 15.8 Å². The summed E-state index contributed by atoms with van der Waals surface area (Å²) in [6.07, 6.45) is 4.09. The van der Waals surface area contributed by atoms with Gasteiger partial charge in [-0.15, -0.1) is 12.4 Å². The van der Waals surface area contributed by atoms with Crippen molar-refractivity contribution in [1.29, 1.82) is 0 Å². The number of benzene rings is 2. The minimum absolute atomic E-state index is 0. The third kappa shape index (κ3) is 5.69. The molecule has 1 fully saturated rings. The summed E-state index contributed by atoms with van der Waals surface area (Å²) in [5, 5.41) is 5.25. The van der Waals surface area contributed by atoms with Crippen molar-refractivity contribution >= 4 is 35.1 Å². The predicted molar refractivity (Wildman–Crippen MR) is 113 cm³/mol. The number of rotatable bonds is 6. The zero-order valence-corrected chi connectivity index (χ0v) is 17.0. The van der Waals surface area contributed by atoms with Gasteiger partial charge in [-0.05, 0) is 42.0 Å². The van der Waals surface area contributed by atoms with E-state index in [2.05, 4.69) is 29.6 Å². The number of carbonyl (C=O) groups excluding carboxylic acids is 2. The number of fused-ring (bicyclic) bond motifs is 1. The van der Waals surface area contributed by atoms with Crippen LogP contribution in [0, 0.1) is 11.8 Å². The highest BCUT2D eigenvalue weighted by molar-refractivity contribution is 5.85. The van der Waals surface area contributed by atoms with Crippen LogP contribution in [-0.2, 0) is 20.7 Å². The summed E-state index contributed by atoms with van der Waals surface area (Å²) in [5.41, 5.74) is 7.04. The van der Waals surface area contributed by atoms with E-state index in [9.17, 15) is 9.59 Å². The first-order valence-corrected chi connectivity index (χ1v) is 9.65. The molecule has 3 N–H and O–H groups in total. The number of methoxy groups -OCH3 is 1. The van der Waals surface area contributed by atoms with Gasteiger partial charge in [0.1, 0.15) is 0 Å². The van der Waals surface area contributed by atoms with Crippen molar-refractivity contribution in [2.75, 3.05) is 13.7 Å². The van der Waals surface area contributed by atoms with Crippen molar-refractivity contribution in [2.45, 2.75) is 38.1 Å². The van der Waals surface area contributed by atoms with Gasteiger partial charge in [-0.3, -0.25) is 9.59 Å². The molecule has 0 spiro atoms. The maximum absolute atomic E-state index is 12.5. The smallest absolute Gasteiger partial charge is 0.310 e. The Morgan fingerprint density at radius 1 is 1.18 bits per heavy atom. The third-order valence-electron chi connectivity index (χ3n) is 5.44. The minimum Gasteiger partial charge on any atom is -0.469 e. The average Bonchev–Trinajstić information content (AvgIpc) is 2.70. The Morgan fingerprint density at radius 2 is 1.93 bits per heavy atom. The van der Waals surface area contributed by atoms with Crippen molar-refractivity contribution < 1.29 is 14.3 Å². The summed E-state index contributed by atoms with van der Waals surface area (Å²) in [5.74, 6) is -0.758. The molecule has 2 aromatic carbocycles. The van der Waals surface area contributed by atoms with Crippen molar-refractivity contribution in [3.63, 3.8) is 0 Å². The van der Waals surface area contributed by atoms with Crippen molar-refractivity contribution in [2.24, 2.45) is 17.6 Å². The Kier molecular flexibility index (Phi) is 8.27. The maximum Gasteiger partial charge on any atom is 0.310 e. The fraction of sp³-hybridized carbons (Fsp3) is 0.455. The van der Waals surface area contributed by atoms with Crippen LogP contribution in [0.25, 0.3) is 10.8 Å². The van der Waals surface area contributed by atoms with Crippen LogP contribution in [-0.4, -0.2) is 31.6 Å². The SMILES string of the molecule is COC(=O)C(CNC(=O)C1CCCC(N)C1)Cc1ccc2ccccc2c1.Cl. The van der Waals surface area contributed by atoms with Crippen LogP contribution in [0.2, 0.25) is 0 Å². The second-order valence-corrected chi connectivity index (χ2v) is 7.47. The van der Waals surface area contributed by atoms with E-state index in [1.165, 1.54) is 7.11 Å². The molecule has 152 valence electrons. The molecule has 1 aliphatic rings. The van der Waals surface area contributed by atoms with Crippen LogP contribution in [0.3, 0.4) is 0 Å². The summed E-state index contributed by atoms with van der Waals surface area (Å²) < 4.78 is 4.96. The molecule has 1 aliphatic carbocycles. The van der Waals surface area contributed by atoms with E-state index in [4.69, 9.17) is 10.5 Å². The first-order valence-electron chi connectivity index (χ1n) is 9.65. The summed E-state index contributed by atoms with van der Waals surface area (Å²) in [6.45, 7) is 0.282. The summed E-state index contributed by atoms with van der Waals surface area (Å²) in [4.78, 5) is 24.7. The second kappa shape index (κ2) is 10.4. The van der Waals surface area contributed by atoms with Crippen LogP contribution < -0.4 is 11.1 Å². The molecular formula is C22H29ClN2O3. The van der Waals surface area contributed by atoms with E-state index in [1.807, 2.05) is 18.2 Å². The van der Waals surface area contributed by atoms with E-state index >= 15 is 0 Å². The van der Waals surface area contributed by atoms with E-state index < -0.39 is 5.92 Å². The highest BCUT2D eigenvalue weighted by Gasteiger charge is 2.27. The minimum atomic E-state index is -0.405. The molecule has 0 bridgehead atoms. The van der Waals surface area contributed by atoms with E-state index in [0.717, 1.165) is 42.0 Å². The highest BCUT2D eigenvalue weighted by Crippen LogP contribution is 2.23. The van der Waals surface area contributed by atoms with Gasteiger partial charge in [0.25, 0.3) is 0 Å². The molecule has 0 heterocycles. The first kappa shape index (κ1) is 22.2. The summed E-state index contributed by atoms with van der Waals surface area (Å²) in [6, 6.07) is 14.4. The first-order chi connectivity index (χ1) is 13.1. The van der Waals surface area contributed by atoms with Gasteiger partial charge in [0.15, 0.2) is 0 Å². The summed E-state index contributed by atoms with van der Waals surface area (Å²) >= 11 is 0. The molecule has 1 amide bonds. The molecule has 0 aliphatic heterocycles. The molecule has 3 atom stereocenters.